The van der Waals surface area contributed by atoms with Crippen LogP contribution in [0.3, 0.4) is 0 Å². The van der Waals surface area contributed by atoms with Gasteiger partial charge in [-0.1, -0.05) is 24.3 Å². The normalized spacial score (nSPS) is 17.4. The number of anilines is 1. The molecule has 0 radical (unpaired) electrons. The molecule has 126 valence electrons. The predicted octanol–water partition coefficient (Wildman–Crippen LogP) is 2.40. The second-order valence-corrected chi connectivity index (χ2v) is 6.19. The highest BCUT2D eigenvalue weighted by Gasteiger charge is 2.23. The lowest BCUT2D eigenvalue weighted by atomic mass is 10.1. The molecule has 0 saturated carbocycles. The minimum atomic E-state index is 0.0509. The third-order valence-electron chi connectivity index (χ3n) is 4.55. The van der Waals surface area contributed by atoms with Crippen molar-refractivity contribution < 1.29 is 4.79 Å². The number of benzene rings is 1. The maximum absolute atomic E-state index is 12.1. The summed E-state index contributed by atoms with van der Waals surface area (Å²) in [5.74, 6) is 0.0509. The topological polar surface area (TPSA) is 48.5 Å². The van der Waals surface area contributed by atoms with Crippen molar-refractivity contribution in [3.05, 3.63) is 60.4 Å². The first kappa shape index (κ1) is 16.6. The third-order valence-corrected chi connectivity index (χ3v) is 4.55. The second kappa shape index (κ2) is 8.04. The number of para-hydroxylation sites is 1. The van der Waals surface area contributed by atoms with Gasteiger partial charge >= 0.3 is 0 Å². The van der Waals surface area contributed by atoms with E-state index in [0.717, 1.165) is 31.9 Å². The molecule has 1 aliphatic heterocycles. The zero-order chi connectivity index (χ0) is 16.8. The maximum atomic E-state index is 12.1. The van der Waals surface area contributed by atoms with E-state index in [9.17, 15) is 4.79 Å². The molecule has 24 heavy (non-hydrogen) atoms. The Morgan fingerprint density at radius 1 is 1.12 bits per heavy atom. The Morgan fingerprint density at radius 2 is 1.88 bits per heavy atom. The molecular weight excluding hydrogens is 300 g/mol. The zero-order valence-electron chi connectivity index (χ0n) is 14.1. The molecule has 1 N–H and O–H groups in total. The van der Waals surface area contributed by atoms with E-state index in [1.807, 2.05) is 42.6 Å². The lowest BCUT2D eigenvalue weighted by Gasteiger charge is -2.37. The Bertz CT molecular complexity index is 639. The van der Waals surface area contributed by atoms with Crippen molar-refractivity contribution in [2.75, 3.05) is 38.0 Å². The number of nitrogens with one attached hydrogen (secondary N) is 1. The summed E-state index contributed by atoms with van der Waals surface area (Å²) in [4.78, 5) is 21.0. The summed E-state index contributed by atoms with van der Waals surface area (Å²) < 4.78 is 0. The molecule has 1 saturated heterocycles. The van der Waals surface area contributed by atoms with Crippen molar-refractivity contribution >= 4 is 11.6 Å². The Balaban J connectivity index is 1.46. The minimum Gasteiger partial charge on any atom is -0.325 e. The summed E-state index contributed by atoms with van der Waals surface area (Å²) >= 11 is 0. The molecule has 0 bridgehead atoms. The zero-order valence-corrected chi connectivity index (χ0v) is 14.1. The van der Waals surface area contributed by atoms with Crippen molar-refractivity contribution in [1.29, 1.82) is 0 Å². The summed E-state index contributed by atoms with van der Waals surface area (Å²) in [5.41, 5.74) is 2.10. The van der Waals surface area contributed by atoms with Gasteiger partial charge < -0.3 is 5.32 Å². The van der Waals surface area contributed by atoms with E-state index in [1.54, 1.807) is 6.20 Å². The van der Waals surface area contributed by atoms with E-state index in [4.69, 9.17) is 0 Å². The Kier molecular flexibility index (Phi) is 5.56. The first-order valence-electron chi connectivity index (χ1n) is 8.43. The summed E-state index contributed by atoms with van der Waals surface area (Å²) in [6.45, 7) is 6.42. The number of aromatic nitrogens is 1. The van der Waals surface area contributed by atoms with Crippen molar-refractivity contribution in [3.8, 4) is 0 Å². The molecule has 1 amide bonds. The third kappa shape index (κ3) is 4.40. The van der Waals surface area contributed by atoms with Crippen LogP contribution in [0.4, 0.5) is 5.69 Å². The lowest BCUT2D eigenvalue weighted by Crippen LogP contribution is -2.49. The van der Waals surface area contributed by atoms with Crippen LogP contribution in [-0.4, -0.2) is 53.4 Å². The molecule has 3 rings (SSSR count). The van der Waals surface area contributed by atoms with Crippen LogP contribution in [0.5, 0.6) is 0 Å². The van der Waals surface area contributed by atoms with Gasteiger partial charge in [-0.3, -0.25) is 19.6 Å². The van der Waals surface area contributed by atoms with Gasteiger partial charge in [-0.15, -0.1) is 0 Å². The lowest BCUT2D eigenvalue weighted by molar-refractivity contribution is -0.117. The van der Waals surface area contributed by atoms with Crippen LogP contribution in [0.2, 0.25) is 0 Å². The molecule has 5 nitrogen and oxygen atoms in total. The first-order chi connectivity index (χ1) is 11.7. The molecular formula is C19H24N4O. The van der Waals surface area contributed by atoms with E-state index in [2.05, 4.69) is 33.1 Å². The summed E-state index contributed by atoms with van der Waals surface area (Å²) in [7, 11) is 0. The van der Waals surface area contributed by atoms with Gasteiger partial charge in [0.15, 0.2) is 0 Å². The fourth-order valence-electron chi connectivity index (χ4n) is 3.07. The molecule has 0 unspecified atom stereocenters. The largest absolute Gasteiger partial charge is 0.325 e. The summed E-state index contributed by atoms with van der Waals surface area (Å²) in [6, 6.07) is 14.1. The first-order valence-corrected chi connectivity index (χ1v) is 8.43. The molecule has 2 aromatic rings. The van der Waals surface area contributed by atoms with E-state index in [0.29, 0.717) is 12.6 Å². The number of carbonyl (C=O) groups excluding carboxylic acids is 1. The van der Waals surface area contributed by atoms with Crippen molar-refractivity contribution in [2.24, 2.45) is 0 Å². The Morgan fingerprint density at radius 3 is 2.54 bits per heavy atom. The van der Waals surface area contributed by atoms with Gasteiger partial charge in [0.25, 0.3) is 0 Å². The molecule has 1 aromatic carbocycles. The SMILES string of the molecule is C[C@@H](c1cccnc1)N1CCN(CC(=O)Nc2ccccc2)CC1. The van der Waals surface area contributed by atoms with Crippen LogP contribution >= 0.6 is 0 Å². The average Bonchev–Trinajstić information content (AvgIpc) is 2.63. The van der Waals surface area contributed by atoms with Gasteiger partial charge in [-0.25, -0.2) is 0 Å². The standard InChI is InChI=1S/C19H24N4O/c1-16(17-6-5-9-20-14-17)23-12-10-22(11-13-23)15-19(24)21-18-7-3-2-4-8-18/h2-9,14,16H,10-13,15H2,1H3,(H,21,24)/t16-/m0/s1. The number of pyridine rings is 1. The van der Waals surface area contributed by atoms with Gasteiger partial charge in [-0.05, 0) is 30.7 Å². The van der Waals surface area contributed by atoms with Crippen LogP contribution < -0.4 is 5.32 Å². The Hall–Kier alpha value is -2.24. The van der Waals surface area contributed by atoms with Crippen molar-refractivity contribution in [2.45, 2.75) is 13.0 Å². The summed E-state index contributed by atoms with van der Waals surface area (Å²) in [6.07, 6.45) is 3.74. The van der Waals surface area contributed by atoms with Crippen molar-refractivity contribution in [1.82, 2.24) is 14.8 Å². The Labute approximate surface area is 143 Å². The highest BCUT2D eigenvalue weighted by Crippen LogP contribution is 2.20. The van der Waals surface area contributed by atoms with Crippen LogP contribution in [0.25, 0.3) is 0 Å². The van der Waals surface area contributed by atoms with Crippen LogP contribution in [0.15, 0.2) is 54.9 Å². The maximum Gasteiger partial charge on any atom is 0.238 e. The van der Waals surface area contributed by atoms with Crippen LogP contribution in [-0.2, 0) is 4.79 Å². The highest BCUT2D eigenvalue weighted by molar-refractivity contribution is 5.92. The van der Waals surface area contributed by atoms with Crippen molar-refractivity contribution in [3.63, 3.8) is 0 Å². The molecule has 1 fully saturated rings. The second-order valence-electron chi connectivity index (χ2n) is 6.19. The average molecular weight is 324 g/mol. The van der Waals surface area contributed by atoms with E-state index < -0.39 is 0 Å². The van der Waals surface area contributed by atoms with Gasteiger partial charge in [0, 0.05) is 50.3 Å². The molecule has 5 heteroatoms. The number of hydrogen-bond donors (Lipinski definition) is 1. The van der Waals surface area contributed by atoms with Crippen LogP contribution in [0, 0.1) is 0 Å². The fraction of sp³-hybridized carbons (Fsp3) is 0.368. The number of nitrogens with zero attached hydrogens (tertiary/aromatic N) is 3. The molecule has 0 aliphatic carbocycles. The van der Waals surface area contributed by atoms with E-state index >= 15 is 0 Å². The fourth-order valence-corrected chi connectivity index (χ4v) is 3.07. The monoisotopic (exact) mass is 324 g/mol. The number of amides is 1. The quantitative estimate of drug-likeness (QED) is 0.917. The molecule has 2 heterocycles. The van der Waals surface area contributed by atoms with Gasteiger partial charge in [0.2, 0.25) is 5.91 Å². The minimum absolute atomic E-state index is 0.0509. The smallest absolute Gasteiger partial charge is 0.238 e. The van der Waals surface area contributed by atoms with Crippen LogP contribution in [0.1, 0.15) is 18.5 Å². The van der Waals surface area contributed by atoms with Gasteiger partial charge in [-0.2, -0.15) is 0 Å². The molecule has 1 atom stereocenters. The van der Waals surface area contributed by atoms with Gasteiger partial charge in [0.05, 0.1) is 6.54 Å². The molecule has 0 spiro atoms. The van der Waals surface area contributed by atoms with E-state index in [-0.39, 0.29) is 5.91 Å². The van der Waals surface area contributed by atoms with E-state index in [1.165, 1.54) is 5.56 Å². The molecule has 1 aliphatic rings. The van der Waals surface area contributed by atoms with Gasteiger partial charge in [0.1, 0.15) is 0 Å². The number of hydrogen-bond acceptors (Lipinski definition) is 4. The number of rotatable bonds is 5. The summed E-state index contributed by atoms with van der Waals surface area (Å²) in [5, 5.41) is 2.95. The number of piperazine rings is 1. The number of carbonyl (C=O) groups is 1. The highest BCUT2D eigenvalue weighted by atomic mass is 16.2. The predicted molar refractivity (Wildman–Crippen MR) is 95.7 cm³/mol. The molecule has 1 aromatic heterocycles.